The van der Waals surface area contributed by atoms with Crippen LogP contribution in [-0.4, -0.2) is 51.4 Å². The topological polar surface area (TPSA) is 66.6 Å². The smallest absolute Gasteiger partial charge is 0.244 e. The molecule has 0 bridgehead atoms. The zero-order valence-electron chi connectivity index (χ0n) is 12.0. The summed E-state index contributed by atoms with van der Waals surface area (Å²) in [6, 6.07) is 2.24. The summed E-state index contributed by atoms with van der Waals surface area (Å²) in [5.41, 5.74) is 5.31. The number of nitrogens with two attached hydrogens (primary N) is 1. The Bertz CT molecular complexity index is 639. The van der Waals surface area contributed by atoms with Crippen LogP contribution in [0.2, 0.25) is 0 Å². The number of rotatable bonds is 4. The molecule has 5 nitrogen and oxygen atoms in total. The summed E-state index contributed by atoms with van der Waals surface area (Å²) in [5, 5.41) is 0. The van der Waals surface area contributed by atoms with E-state index in [1.54, 1.807) is 7.05 Å². The SMILES string of the molecule is CN1CCC(CN(C)S(=O)(=O)c2cc(N)c(F)cc2Br)C1. The average molecular weight is 380 g/mol. The van der Waals surface area contributed by atoms with Crippen LogP contribution in [0.5, 0.6) is 0 Å². The molecule has 118 valence electrons. The molecule has 0 radical (unpaired) electrons. The van der Waals surface area contributed by atoms with Crippen LogP contribution in [0.4, 0.5) is 10.1 Å². The maximum Gasteiger partial charge on any atom is 0.244 e. The Kier molecular flexibility index (Phi) is 4.92. The molecule has 0 amide bonds. The number of hydrogen-bond acceptors (Lipinski definition) is 4. The van der Waals surface area contributed by atoms with Crippen molar-refractivity contribution < 1.29 is 12.8 Å². The van der Waals surface area contributed by atoms with Crippen LogP contribution < -0.4 is 5.73 Å². The first kappa shape index (κ1) is 16.7. The van der Waals surface area contributed by atoms with Gasteiger partial charge in [-0.15, -0.1) is 0 Å². The van der Waals surface area contributed by atoms with E-state index in [2.05, 4.69) is 20.8 Å². The summed E-state index contributed by atoms with van der Waals surface area (Å²) >= 11 is 3.10. The number of sulfonamides is 1. The molecule has 1 saturated heterocycles. The van der Waals surface area contributed by atoms with Gasteiger partial charge >= 0.3 is 0 Å². The minimum Gasteiger partial charge on any atom is -0.396 e. The van der Waals surface area contributed by atoms with Crippen molar-refractivity contribution in [1.29, 1.82) is 0 Å². The van der Waals surface area contributed by atoms with Crippen LogP contribution in [0.15, 0.2) is 21.5 Å². The highest BCUT2D eigenvalue weighted by Gasteiger charge is 2.29. The highest BCUT2D eigenvalue weighted by atomic mass is 79.9. The van der Waals surface area contributed by atoms with Crippen molar-refractivity contribution in [3.8, 4) is 0 Å². The molecule has 2 rings (SSSR count). The van der Waals surface area contributed by atoms with Crippen LogP contribution in [0, 0.1) is 11.7 Å². The van der Waals surface area contributed by atoms with Gasteiger partial charge in [-0.2, -0.15) is 0 Å². The second-order valence-corrected chi connectivity index (χ2v) is 8.37. The van der Waals surface area contributed by atoms with Gasteiger partial charge in [-0.3, -0.25) is 0 Å². The fraction of sp³-hybridized carbons (Fsp3) is 0.538. The maximum atomic E-state index is 13.4. The molecule has 1 fully saturated rings. The van der Waals surface area contributed by atoms with E-state index >= 15 is 0 Å². The molecule has 1 atom stereocenters. The van der Waals surface area contributed by atoms with Crippen LogP contribution in [0.25, 0.3) is 0 Å². The summed E-state index contributed by atoms with van der Waals surface area (Å²) in [6.45, 7) is 2.30. The van der Waals surface area contributed by atoms with Gasteiger partial charge in [-0.25, -0.2) is 17.1 Å². The molecule has 1 aromatic rings. The van der Waals surface area contributed by atoms with Crippen molar-refractivity contribution >= 4 is 31.6 Å². The van der Waals surface area contributed by atoms with E-state index in [1.165, 1.54) is 4.31 Å². The van der Waals surface area contributed by atoms with Crippen molar-refractivity contribution in [2.75, 3.05) is 39.5 Å². The molecular weight excluding hydrogens is 361 g/mol. The van der Waals surface area contributed by atoms with Gasteiger partial charge in [-0.1, -0.05) is 0 Å². The molecule has 8 heteroatoms. The zero-order chi connectivity index (χ0) is 15.8. The van der Waals surface area contributed by atoms with E-state index < -0.39 is 15.8 Å². The Morgan fingerprint density at radius 2 is 2.19 bits per heavy atom. The normalized spacial score (nSPS) is 20.3. The number of nitrogen functional groups attached to an aromatic ring is 1. The molecule has 1 aliphatic heterocycles. The summed E-state index contributed by atoms with van der Waals surface area (Å²) in [5.74, 6) is -0.327. The number of benzene rings is 1. The molecule has 1 aliphatic rings. The van der Waals surface area contributed by atoms with Crippen molar-refractivity contribution in [3.63, 3.8) is 0 Å². The van der Waals surface area contributed by atoms with E-state index in [-0.39, 0.29) is 15.1 Å². The van der Waals surface area contributed by atoms with Crippen molar-refractivity contribution in [3.05, 3.63) is 22.4 Å². The van der Waals surface area contributed by atoms with Gasteiger partial charge < -0.3 is 10.6 Å². The van der Waals surface area contributed by atoms with Gasteiger partial charge in [0.25, 0.3) is 0 Å². The first-order valence-electron chi connectivity index (χ1n) is 6.61. The molecule has 1 unspecified atom stereocenters. The third-order valence-electron chi connectivity index (χ3n) is 3.74. The summed E-state index contributed by atoms with van der Waals surface area (Å²) < 4.78 is 40.0. The summed E-state index contributed by atoms with van der Waals surface area (Å²) in [4.78, 5) is 2.17. The predicted molar refractivity (Wildman–Crippen MR) is 83.9 cm³/mol. The Morgan fingerprint density at radius 3 is 2.76 bits per heavy atom. The summed E-state index contributed by atoms with van der Waals surface area (Å²) in [7, 11) is -0.132. The predicted octanol–water partition coefficient (Wildman–Crippen LogP) is 1.74. The second-order valence-electron chi connectivity index (χ2n) is 5.51. The molecule has 0 aromatic heterocycles. The highest BCUT2D eigenvalue weighted by molar-refractivity contribution is 9.10. The van der Waals surface area contributed by atoms with Crippen LogP contribution in [-0.2, 0) is 10.0 Å². The third-order valence-corrected chi connectivity index (χ3v) is 6.53. The first-order chi connectivity index (χ1) is 9.71. The maximum absolute atomic E-state index is 13.4. The Balaban J connectivity index is 2.23. The molecule has 1 heterocycles. The second kappa shape index (κ2) is 6.20. The zero-order valence-corrected chi connectivity index (χ0v) is 14.4. The Morgan fingerprint density at radius 1 is 1.52 bits per heavy atom. The molecule has 0 saturated carbocycles. The molecule has 21 heavy (non-hydrogen) atoms. The van der Waals surface area contributed by atoms with Gasteiger partial charge in [-0.05, 0) is 54.0 Å². The van der Waals surface area contributed by atoms with E-state index in [1.807, 2.05) is 7.05 Å². The molecule has 0 aliphatic carbocycles. The average Bonchev–Trinajstić information content (AvgIpc) is 2.79. The molecular formula is C13H19BrFN3O2S. The summed E-state index contributed by atoms with van der Waals surface area (Å²) in [6.07, 6.45) is 0.975. The van der Waals surface area contributed by atoms with E-state index in [4.69, 9.17) is 5.73 Å². The van der Waals surface area contributed by atoms with Crippen LogP contribution >= 0.6 is 15.9 Å². The highest BCUT2D eigenvalue weighted by Crippen LogP contribution is 2.29. The third kappa shape index (κ3) is 3.56. The van der Waals surface area contributed by atoms with E-state index in [0.717, 1.165) is 31.6 Å². The van der Waals surface area contributed by atoms with Crippen LogP contribution in [0.3, 0.4) is 0 Å². The first-order valence-corrected chi connectivity index (χ1v) is 8.84. The quantitative estimate of drug-likeness (QED) is 0.809. The van der Waals surface area contributed by atoms with Gasteiger partial charge in [0.15, 0.2) is 0 Å². The number of hydrogen-bond donors (Lipinski definition) is 1. The Hall–Kier alpha value is -0.700. The van der Waals surface area contributed by atoms with Crippen molar-refractivity contribution in [1.82, 2.24) is 9.21 Å². The largest absolute Gasteiger partial charge is 0.396 e. The van der Waals surface area contributed by atoms with Crippen molar-refractivity contribution in [2.45, 2.75) is 11.3 Å². The van der Waals surface area contributed by atoms with Crippen LogP contribution in [0.1, 0.15) is 6.42 Å². The Labute approximate surface area is 133 Å². The van der Waals surface area contributed by atoms with Gasteiger partial charge in [0.2, 0.25) is 10.0 Å². The number of likely N-dealkylation sites (tertiary alicyclic amines) is 1. The van der Waals surface area contributed by atoms with Crippen molar-refractivity contribution in [2.24, 2.45) is 5.92 Å². The lowest BCUT2D eigenvalue weighted by molar-refractivity contribution is 0.356. The minimum atomic E-state index is -3.69. The minimum absolute atomic E-state index is 0.00440. The fourth-order valence-corrected chi connectivity index (χ4v) is 4.80. The lowest BCUT2D eigenvalue weighted by Gasteiger charge is -2.21. The fourth-order valence-electron chi connectivity index (χ4n) is 2.55. The standard InChI is InChI=1S/C13H19BrFN3O2S/c1-17-4-3-9(7-17)8-18(2)21(19,20)13-6-12(16)11(15)5-10(13)14/h5-6,9H,3-4,7-8,16H2,1-2H3. The molecule has 1 aromatic carbocycles. The number of nitrogens with zero attached hydrogens (tertiary/aromatic N) is 2. The van der Waals surface area contributed by atoms with E-state index in [9.17, 15) is 12.8 Å². The van der Waals surface area contributed by atoms with E-state index in [0.29, 0.717) is 12.5 Å². The van der Waals surface area contributed by atoms with Gasteiger partial charge in [0.1, 0.15) is 5.82 Å². The lowest BCUT2D eigenvalue weighted by atomic mass is 10.1. The lowest BCUT2D eigenvalue weighted by Crippen LogP contribution is -2.33. The molecule has 0 spiro atoms. The number of halogens is 2. The molecule has 2 N–H and O–H groups in total. The monoisotopic (exact) mass is 379 g/mol. The van der Waals surface area contributed by atoms with Gasteiger partial charge in [0, 0.05) is 24.6 Å². The number of anilines is 1. The van der Waals surface area contributed by atoms with Gasteiger partial charge in [0.05, 0.1) is 10.6 Å².